The summed E-state index contributed by atoms with van der Waals surface area (Å²) in [5, 5.41) is 9.71. The van der Waals surface area contributed by atoms with Crippen LogP contribution < -0.4 is 20.7 Å². The first-order valence-electron chi connectivity index (χ1n) is 12.9. The number of anilines is 1. The number of aromatic nitrogens is 1. The van der Waals surface area contributed by atoms with Crippen LogP contribution in [0.5, 0.6) is 0 Å². The summed E-state index contributed by atoms with van der Waals surface area (Å²) < 4.78 is 39.8. The maximum Gasteiger partial charge on any atom is 0.411 e. The molecule has 0 spiro atoms. The van der Waals surface area contributed by atoms with E-state index < -0.39 is 27.7 Å². The van der Waals surface area contributed by atoms with Crippen molar-refractivity contribution >= 4 is 39.2 Å². The number of nitrogens with one attached hydrogen (secondary N) is 4. The summed E-state index contributed by atoms with van der Waals surface area (Å²) in [4.78, 5) is 29.3. The second-order valence-electron chi connectivity index (χ2n) is 11.0. The molecule has 0 radical (unpaired) electrons. The highest BCUT2D eigenvalue weighted by molar-refractivity contribution is 7.89. The Hall–Kier alpha value is -2.74. The van der Waals surface area contributed by atoms with Gasteiger partial charge in [-0.2, -0.15) is 0 Å². The number of carbonyl (C=O) groups is 2. The molecule has 4 N–H and O–H groups in total. The van der Waals surface area contributed by atoms with Gasteiger partial charge < -0.3 is 20.1 Å². The minimum atomic E-state index is -3.95. The number of hydrogen-bond acceptors (Lipinski definition) is 9. The van der Waals surface area contributed by atoms with Gasteiger partial charge in [-0.3, -0.25) is 5.32 Å². The minimum absolute atomic E-state index is 0.0255. The Bertz CT molecular complexity index is 1260. The Morgan fingerprint density at radius 3 is 2.33 bits per heavy atom. The van der Waals surface area contributed by atoms with Gasteiger partial charge in [-0.15, -0.1) is 11.3 Å². The smallest absolute Gasteiger partial charge is 0.411 e. The van der Waals surface area contributed by atoms with E-state index in [1.165, 1.54) is 17.4 Å². The highest BCUT2D eigenvalue weighted by atomic mass is 32.2. The molecule has 1 aliphatic heterocycles. The summed E-state index contributed by atoms with van der Waals surface area (Å²) in [5.74, 6) is 0. The fourth-order valence-electron chi connectivity index (χ4n) is 4.02. The SMILES string of the molecule is CC(C)OC(=O)Nc1ccc(-c2cnc(C3CC[C@@H](NC(=O)OC(C)C)CN3)s2)c(S(=O)(=O)NC(C)(C)C)c1. The highest BCUT2D eigenvalue weighted by Crippen LogP contribution is 2.37. The molecule has 1 fully saturated rings. The van der Waals surface area contributed by atoms with Gasteiger partial charge in [-0.1, -0.05) is 6.07 Å². The summed E-state index contributed by atoms with van der Waals surface area (Å²) in [6, 6.07) is 4.65. The number of hydrogen-bond donors (Lipinski definition) is 4. The third-order valence-corrected chi connectivity index (χ3v) is 8.41. The molecule has 11 nitrogen and oxygen atoms in total. The van der Waals surface area contributed by atoms with Crippen LogP contribution >= 0.6 is 11.3 Å². The van der Waals surface area contributed by atoms with Gasteiger partial charge in [0.2, 0.25) is 10.0 Å². The van der Waals surface area contributed by atoms with E-state index in [0.29, 0.717) is 22.7 Å². The molecule has 1 aromatic carbocycles. The number of benzene rings is 1. The zero-order valence-corrected chi connectivity index (χ0v) is 25.1. The van der Waals surface area contributed by atoms with Gasteiger partial charge in [0.25, 0.3) is 0 Å². The van der Waals surface area contributed by atoms with Crippen molar-refractivity contribution < 1.29 is 27.5 Å². The van der Waals surface area contributed by atoms with Gasteiger partial charge in [0.05, 0.1) is 28.0 Å². The minimum Gasteiger partial charge on any atom is -0.447 e. The molecule has 1 aliphatic rings. The van der Waals surface area contributed by atoms with E-state index >= 15 is 0 Å². The van der Waals surface area contributed by atoms with Crippen LogP contribution in [0.15, 0.2) is 29.3 Å². The third kappa shape index (κ3) is 9.16. The van der Waals surface area contributed by atoms with Gasteiger partial charge in [0.1, 0.15) is 5.01 Å². The van der Waals surface area contributed by atoms with E-state index in [2.05, 4.69) is 25.7 Å². The fraction of sp³-hybridized carbons (Fsp3) is 0.577. The van der Waals surface area contributed by atoms with Gasteiger partial charge >= 0.3 is 12.2 Å². The number of sulfonamides is 1. The maximum absolute atomic E-state index is 13.4. The number of alkyl carbamates (subject to hydrolysis) is 1. The molecule has 2 atom stereocenters. The lowest BCUT2D eigenvalue weighted by molar-refractivity contribution is 0.110. The molecular weight excluding hydrogens is 542 g/mol. The monoisotopic (exact) mass is 581 g/mol. The van der Waals surface area contributed by atoms with Crippen LogP contribution in [-0.2, 0) is 19.5 Å². The molecule has 13 heteroatoms. The number of thiazole rings is 1. The number of ether oxygens (including phenoxy) is 2. The van der Waals surface area contributed by atoms with Crippen LogP contribution in [0.4, 0.5) is 15.3 Å². The van der Waals surface area contributed by atoms with Gasteiger partial charge in [-0.25, -0.2) is 27.7 Å². The lowest BCUT2D eigenvalue weighted by Gasteiger charge is -2.29. The van der Waals surface area contributed by atoms with Gasteiger partial charge in [-0.05, 0) is 73.4 Å². The highest BCUT2D eigenvalue weighted by Gasteiger charge is 2.29. The predicted octanol–water partition coefficient (Wildman–Crippen LogP) is 4.77. The first kappa shape index (κ1) is 30.8. The summed E-state index contributed by atoms with van der Waals surface area (Å²) in [5.41, 5.74) is 0.0598. The molecular formula is C26H39N5O6S2. The standard InChI is InChI=1S/C26H39N5O6S2/c1-15(2)36-24(32)29-17-8-10-19(22(12-17)39(34,35)31-26(5,6)7)21-14-28-23(38-21)20-11-9-18(13-27-20)30-25(33)37-16(3)4/h8,10,12,14-16,18,20,27,31H,9,11,13H2,1-7H3,(H,29,32)(H,30,33)/t18-,20?/m1/s1. The normalized spacial score (nSPS) is 18.2. The third-order valence-electron chi connectivity index (χ3n) is 5.47. The summed E-state index contributed by atoms with van der Waals surface area (Å²) in [6.07, 6.45) is 1.56. The van der Waals surface area contributed by atoms with E-state index in [9.17, 15) is 18.0 Å². The van der Waals surface area contributed by atoms with Crippen LogP contribution in [0, 0.1) is 0 Å². The molecule has 0 saturated carbocycles. The molecule has 0 aliphatic carbocycles. The molecule has 2 amide bonds. The first-order valence-corrected chi connectivity index (χ1v) is 15.2. The molecule has 2 heterocycles. The van der Waals surface area contributed by atoms with E-state index in [1.54, 1.807) is 66.8 Å². The van der Waals surface area contributed by atoms with E-state index in [-0.39, 0.29) is 29.2 Å². The van der Waals surface area contributed by atoms with Crippen molar-refractivity contribution in [3.63, 3.8) is 0 Å². The Labute approximate surface area is 234 Å². The van der Waals surface area contributed by atoms with Crippen molar-refractivity contribution in [2.45, 2.75) is 96.0 Å². The number of piperidine rings is 1. The fourth-order valence-corrected chi connectivity index (χ4v) is 6.82. The molecule has 39 heavy (non-hydrogen) atoms. The largest absolute Gasteiger partial charge is 0.447 e. The van der Waals surface area contributed by atoms with Crippen LogP contribution in [0.3, 0.4) is 0 Å². The lowest BCUT2D eigenvalue weighted by atomic mass is 10.0. The molecule has 2 aromatic rings. The van der Waals surface area contributed by atoms with Crippen molar-refractivity contribution in [3.8, 4) is 10.4 Å². The van der Waals surface area contributed by atoms with Crippen molar-refractivity contribution in [2.24, 2.45) is 0 Å². The van der Waals surface area contributed by atoms with Gasteiger partial charge in [0, 0.05) is 35.6 Å². The van der Waals surface area contributed by atoms with E-state index in [4.69, 9.17) is 9.47 Å². The summed E-state index contributed by atoms with van der Waals surface area (Å²) >= 11 is 1.40. The average molecular weight is 582 g/mol. The number of amides is 2. The van der Waals surface area contributed by atoms with Crippen LogP contribution in [-0.4, -0.2) is 55.9 Å². The zero-order valence-electron chi connectivity index (χ0n) is 23.5. The topological polar surface area (TPSA) is 148 Å². The zero-order chi connectivity index (χ0) is 29.0. The lowest BCUT2D eigenvalue weighted by Crippen LogP contribution is -2.47. The first-order chi connectivity index (χ1) is 18.1. The maximum atomic E-state index is 13.4. The van der Waals surface area contributed by atoms with Crippen LogP contribution in [0.25, 0.3) is 10.4 Å². The number of rotatable bonds is 8. The number of nitrogens with zero attached hydrogens (tertiary/aromatic N) is 1. The summed E-state index contributed by atoms with van der Waals surface area (Å²) in [6.45, 7) is 12.9. The Kier molecular flexibility index (Phi) is 9.97. The molecule has 0 bridgehead atoms. The van der Waals surface area contributed by atoms with Gasteiger partial charge in [0.15, 0.2) is 0 Å². The Morgan fingerprint density at radius 2 is 1.74 bits per heavy atom. The molecule has 3 rings (SSSR count). The average Bonchev–Trinajstić information content (AvgIpc) is 3.27. The van der Waals surface area contributed by atoms with Crippen molar-refractivity contribution in [1.29, 1.82) is 0 Å². The predicted molar refractivity (Wildman–Crippen MR) is 151 cm³/mol. The van der Waals surface area contributed by atoms with Crippen LogP contribution in [0.2, 0.25) is 0 Å². The Balaban J connectivity index is 1.82. The summed E-state index contributed by atoms with van der Waals surface area (Å²) in [7, 11) is -3.95. The Morgan fingerprint density at radius 1 is 1.08 bits per heavy atom. The van der Waals surface area contributed by atoms with Crippen LogP contribution in [0.1, 0.15) is 72.4 Å². The molecule has 216 valence electrons. The van der Waals surface area contributed by atoms with E-state index in [0.717, 1.165) is 17.8 Å². The quantitative estimate of drug-likeness (QED) is 0.348. The van der Waals surface area contributed by atoms with E-state index in [1.807, 2.05) is 0 Å². The second-order valence-corrected chi connectivity index (χ2v) is 13.8. The molecule has 1 saturated heterocycles. The van der Waals surface area contributed by atoms with Crippen molar-refractivity contribution in [2.75, 3.05) is 11.9 Å². The van der Waals surface area contributed by atoms with Crippen molar-refractivity contribution in [1.82, 2.24) is 20.3 Å². The second kappa shape index (κ2) is 12.6. The molecule has 1 unspecified atom stereocenters. The van der Waals surface area contributed by atoms with Crippen molar-refractivity contribution in [3.05, 3.63) is 29.4 Å². The number of carbonyl (C=O) groups excluding carboxylic acids is 2. The molecule has 1 aromatic heterocycles.